The summed E-state index contributed by atoms with van der Waals surface area (Å²) in [4.78, 5) is 25.1. The molecule has 4 aromatic carbocycles. The molecule has 5 heteroatoms. The third kappa shape index (κ3) is 7.72. The Labute approximate surface area is 235 Å². The summed E-state index contributed by atoms with van der Waals surface area (Å²) in [5, 5.41) is 0. The van der Waals surface area contributed by atoms with Gasteiger partial charge in [0.2, 0.25) is 0 Å². The van der Waals surface area contributed by atoms with E-state index in [0.29, 0.717) is 23.5 Å². The van der Waals surface area contributed by atoms with Crippen LogP contribution in [0.2, 0.25) is 0 Å². The molecule has 0 unspecified atom stereocenters. The standard InChI is InChI=1S/C35H30O5/c1-3-12-27(4-2)30-17-11-18-33(22-30)38-23-26-19-20-31(24-39-34(36)28-13-7-5-8-14-28)32(21-26)25-40-35(37)29-15-9-6-10-16-29/h1,5-22H,4,23-25H2,2H3. The van der Waals surface area contributed by atoms with Gasteiger partial charge in [0.05, 0.1) is 11.1 Å². The Balaban J connectivity index is 1.49. The van der Waals surface area contributed by atoms with Gasteiger partial charge in [-0.05, 0) is 82.8 Å². The molecule has 4 rings (SSSR count). The summed E-state index contributed by atoms with van der Waals surface area (Å²) in [5.41, 5.74) is 5.35. The molecule has 0 N–H and O–H groups in total. The molecule has 0 saturated heterocycles. The Morgan fingerprint density at radius 2 is 1.30 bits per heavy atom. The molecule has 0 radical (unpaired) electrons. The molecular formula is C35H30O5. The van der Waals surface area contributed by atoms with Crippen molar-refractivity contribution in [2.24, 2.45) is 0 Å². The van der Waals surface area contributed by atoms with Gasteiger partial charge in [0.15, 0.2) is 0 Å². The van der Waals surface area contributed by atoms with Crippen LogP contribution in [0.5, 0.6) is 5.75 Å². The predicted octanol–water partition coefficient (Wildman–Crippen LogP) is 7.41. The monoisotopic (exact) mass is 530 g/mol. The van der Waals surface area contributed by atoms with Crippen LogP contribution in [0.3, 0.4) is 0 Å². The summed E-state index contributed by atoms with van der Waals surface area (Å²) < 4.78 is 17.2. The normalized spacial score (nSPS) is 10.8. The summed E-state index contributed by atoms with van der Waals surface area (Å²) in [6.07, 6.45) is 8.05. The van der Waals surface area contributed by atoms with Crippen molar-refractivity contribution in [3.05, 3.63) is 143 Å². The van der Waals surface area contributed by atoms with Gasteiger partial charge >= 0.3 is 11.9 Å². The minimum Gasteiger partial charge on any atom is -0.489 e. The Morgan fingerprint density at radius 3 is 1.90 bits per heavy atom. The zero-order valence-corrected chi connectivity index (χ0v) is 22.3. The maximum absolute atomic E-state index is 12.6. The number of hydrogen-bond donors (Lipinski definition) is 0. The van der Waals surface area contributed by atoms with Crippen LogP contribution < -0.4 is 4.74 Å². The lowest BCUT2D eigenvalue weighted by Crippen LogP contribution is -2.10. The minimum absolute atomic E-state index is 0.0199. The number of rotatable bonds is 11. The molecular weight excluding hydrogens is 500 g/mol. The largest absolute Gasteiger partial charge is 0.489 e. The average molecular weight is 531 g/mol. The van der Waals surface area contributed by atoms with Crippen molar-refractivity contribution in [3.8, 4) is 18.1 Å². The van der Waals surface area contributed by atoms with Gasteiger partial charge < -0.3 is 14.2 Å². The summed E-state index contributed by atoms with van der Waals surface area (Å²) in [6.45, 7) is 2.41. The fraction of sp³-hybridized carbons (Fsp3) is 0.143. The van der Waals surface area contributed by atoms with Gasteiger partial charge in [-0.2, -0.15) is 0 Å². The smallest absolute Gasteiger partial charge is 0.338 e. The van der Waals surface area contributed by atoms with Crippen molar-refractivity contribution in [2.45, 2.75) is 33.2 Å². The van der Waals surface area contributed by atoms with E-state index in [1.165, 1.54) is 0 Å². The van der Waals surface area contributed by atoms with Gasteiger partial charge in [-0.1, -0.05) is 73.5 Å². The first-order chi connectivity index (χ1) is 19.6. The topological polar surface area (TPSA) is 61.8 Å². The van der Waals surface area contributed by atoms with E-state index in [1.54, 1.807) is 54.6 Å². The highest BCUT2D eigenvalue weighted by atomic mass is 16.5. The van der Waals surface area contributed by atoms with Crippen LogP contribution in [0.1, 0.15) is 56.3 Å². The highest BCUT2D eigenvalue weighted by molar-refractivity contribution is 5.89. The molecule has 0 amide bonds. The van der Waals surface area contributed by atoms with Crippen LogP contribution in [-0.2, 0) is 29.3 Å². The number of esters is 2. The van der Waals surface area contributed by atoms with Gasteiger partial charge in [0.1, 0.15) is 25.6 Å². The molecule has 4 aromatic rings. The average Bonchev–Trinajstić information content (AvgIpc) is 3.01. The Morgan fingerprint density at radius 1 is 0.700 bits per heavy atom. The molecule has 0 bridgehead atoms. The van der Waals surface area contributed by atoms with Crippen molar-refractivity contribution in [3.63, 3.8) is 0 Å². The van der Waals surface area contributed by atoms with Crippen LogP contribution >= 0.6 is 0 Å². The quantitative estimate of drug-likeness (QED) is 0.149. The van der Waals surface area contributed by atoms with Crippen LogP contribution in [0.15, 0.2) is 109 Å². The second kappa shape index (κ2) is 14.2. The summed E-state index contributed by atoms with van der Waals surface area (Å²) in [7, 11) is 0. The highest BCUT2D eigenvalue weighted by Crippen LogP contribution is 2.24. The molecule has 0 aromatic heterocycles. The second-order valence-corrected chi connectivity index (χ2v) is 8.99. The summed E-state index contributed by atoms with van der Waals surface area (Å²) in [5.74, 6) is 2.45. The van der Waals surface area contributed by atoms with Crippen LogP contribution in [-0.4, -0.2) is 11.9 Å². The lowest BCUT2D eigenvalue weighted by Gasteiger charge is -2.14. The Kier molecular flexibility index (Phi) is 9.90. The minimum atomic E-state index is -0.432. The molecule has 0 atom stereocenters. The zero-order chi connectivity index (χ0) is 28.2. The molecule has 0 aliphatic carbocycles. The number of allylic oxidation sites excluding steroid dienone is 2. The molecule has 40 heavy (non-hydrogen) atoms. The molecule has 0 spiro atoms. The van der Waals surface area contributed by atoms with Crippen molar-refractivity contribution < 1.29 is 23.8 Å². The molecule has 0 heterocycles. The van der Waals surface area contributed by atoms with Crippen molar-refractivity contribution >= 4 is 17.5 Å². The van der Waals surface area contributed by atoms with E-state index < -0.39 is 11.9 Å². The van der Waals surface area contributed by atoms with E-state index in [4.69, 9.17) is 20.6 Å². The first kappa shape index (κ1) is 27.9. The number of terminal acetylenes is 1. The van der Waals surface area contributed by atoms with Gasteiger partial charge in [0.25, 0.3) is 0 Å². The maximum atomic E-state index is 12.6. The molecule has 0 saturated carbocycles. The van der Waals surface area contributed by atoms with Crippen LogP contribution in [0.4, 0.5) is 0 Å². The van der Waals surface area contributed by atoms with Crippen molar-refractivity contribution in [1.82, 2.24) is 0 Å². The fourth-order valence-electron chi connectivity index (χ4n) is 4.09. The second-order valence-electron chi connectivity index (χ2n) is 8.99. The van der Waals surface area contributed by atoms with E-state index >= 15 is 0 Å². The third-order valence-electron chi connectivity index (χ3n) is 6.26. The molecule has 0 fully saturated rings. The highest BCUT2D eigenvalue weighted by Gasteiger charge is 2.13. The Hall–Kier alpha value is -5.08. The van der Waals surface area contributed by atoms with E-state index in [1.807, 2.05) is 54.6 Å². The molecule has 200 valence electrons. The van der Waals surface area contributed by atoms with E-state index in [9.17, 15) is 9.59 Å². The third-order valence-corrected chi connectivity index (χ3v) is 6.26. The number of carbonyl (C=O) groups excluding carboxylic acids is 2. The number of carbonyl (C=O) groups is 2. The first-order valence-corrected chi connectivity index (χ1v) is 13.0. The van der Waals surface area contributed by atoms with Gasteiger partial charge in [-0.3, -0.25) is 0 Å². The van der Waals surface area contributed by atoms with Crippen molar-refractivity contribution in [1.29, 1.82) is 0 Å². The Bertz CT molecular complexity index is 1510. The predicted molar refractivity (Wildman–Crippen MR) is 155 cm³/mol. The summed E-state index contributed by atoms with van der Waals surface area (Å²) >= 11 is 0. The van der Waals surface area contributed by atoms with Gasteiger partial charge in [0, 0.05) is 0 Å². The maximum Gasteiger partial charge on any atom is 0.338 e. The molecule has 5 nitrogen and oxygen atoms in total. The molecule has 0 aliphatic heterocycles. The van der Waals surface area contributed by atoms with E-state index in [-0.39, 0.29) is 13.2 Å². The SMILES string of the molecule is C#CC=C(CC)c1cccc(OCc2ccc(COC(=O)c3ccccc3)c(COC(=O)c3ccccc3)c2)c1. The van der Waals surface area contributed by atoms with Gasteiger partial charge in [-0.15, -0.1) is 6.42 Å². The van der Waals surface area contributed by atoms with E-state index in [2.05, 4.69) is 12.8 Å². The number of ether oxygens (including phenoxy) is 3. The first-order valence-electron chi connectivity index (χ1n) is 13.0. The fourth-order valence-corrected chi connectivity index (χ4v) is 4.09. The number of hydrogen-bond acceptors (Lipinski definition) is 5. The summed E-state index contributed by atoms with van der Waals surface area (Å²) in [6, 6.07) is 31.1. The van der Waals surface area contributed by atoms with E-state index in [0.717, 1.165) is 34.2 Å². The molecule has 0 aliphatic rings. The van der Waals surface area contributed by atoms with Crippen LogP contribution in [0, 0.1) is 12.3 Å². The van der Waals surface area contributed by atoms with Gasteiger partial charge in [-0.25, -0.2) is 9.59 Å². The lowest BCUT2D eigenvalue weighted by molar-refractivity contribution is 0.0435. The van der Waals surface area contributed by atoms with Crippen molar-refractivity contribution in [2.75, 3.05) is 0 Å². The lowest BCUT2D eigenvalue weighted by atomic mass is 10.0. The van der Waals surface area contributed by atoms with Crippen LogP contribution in [0.25, 0.3) is 5.57 Å². The zero-order valence-electron chi connectivity index (χ0n) is 22.3. The number of benzene rings is 4.